The zero-order chi connectivity index (χ0) is 9.38. The maximum Gasteiger partial charge on any atom is 2.00 e. The van der Waals surface area contributed by atoms with Crippen molar-refractivity contribution in [2.24, 2.45) is 0 Å². The molecule has 1 heterocycles. The van der Waals surface area contributed by atoms with E-state index in [2.05, 4.69) is 9.97 Å². The van der Waals surface area contributed by atoms with Gasteiger partial charge >= 0.3 is 23.1 Å². The van der Waals surface area contributed by atoms with Crippen molar-refractivity contribution in [2.45, 2.75) is 0 Å². The Morgan fingerprint density at radius 1 is 0.533 bits per heavy atom. The number of hydrogen-bond acceptors (Lipinski definition) is 2. The summed E-state index contributed by atoms with van der Waals surface area (Å²) in [5, 5.41) is 0. The fourth-order valence-electron chi connectivity index (χ4n) is 1.57. The van der Waals surface area contributed by atoms with Gasteiger partial charge in [0.05, 0.1) is 22.1 Å². The number of aromatic nitrogens is 2. The van der Waals surface area contributed by atoms with Crippen LogP contribution in [0.15, 0.2) is 48.5 Å². The van der Waals surface area contributed by atoms with Crippen LogP contribution in [0.5, 0.6) is 0 Å². The van der Waals surface area contributed by atoms with Crippen LogP contribution in [-0.4, -0.2) is 33.0 Å². The van der Waals surface area contributed by atoms with Crippen molar-refractivity contribution in [2.75, 3.05) is 0 Å². The standard InChI is InChI=1S/C12H8N2.Mg/c1-2-6-10-9(5-1)13-11-7-3-4-8-12(11)14-10;/h1-8H;/q;+2. The predicted molar refractivity (Wildman–Crippen MR) is 62.8 cm³/mol. The largest absolute Gasteiger partial charge is 2.00 e. The first kappa shape index (κ1) is 10.3. The molecule has 1 aromatic heterocycles. The molecule has 0 aliphatic rings. The molecule has 15 heavy (non-hydrogen) atoms. The summed E-state index contributed by atoms with van der Waals surface area (Å²) in [5.74, 6) is 0. The van der Waals surface area contributed by atoms with Crippen molar-refractivity contribution in [1.82, 2.24) is 9.97 Å². The second-order valence-electron chi connectivity index (χ2n) is 3.20. The fourth-order valence-corrected chi connectivity index (χ4v) is 1.57. The number of benzene rings is 2. The Bertz CT molecular complexity index is 502. The topological polar surface area (TPSA) is 25.8 Å². The van der Waals surface area contributed by atoms with Crippen molar-refractivity contribution in [1.29, 1.82) is 0 Å². The molecule has 2 aromatic carbocycles. The van der Waals surface area contributed by atoms with Crippen LogP contribution in [0.25, 0.3) is 22.1 Å². The van der Waals surface area contributed by atoms with E-state index in [4.69, 9.17) is 0 Å². The molecule has 0 radical (unpaired) electrons. The normalized spacial score (nSPS) is 10.1. The molecule has 0 spiro atoms. The van der Waals surface area contributed by atoms with Crippen LogP contribution in [0, 0.1) is 0 Å². The van der Waals surface area contributed by atoms with Crippen molar-refractivity contribution < 1.29 is 0 Å². The van der Waals surface area contributed by atoms with Gasteiger partial charge in [0.1, 0.15) is 0 Å². The van der Waals surface area contributed by atoms with Crippen LogP contribution in [0.2, 0.25) is 0 Å². The van der Waals surface area contributed by atoms with Gasteiger partial charge in [0.15, 0.2) is 0 Å². The van der Waals surface area contributed by atoms with Crippen LogP contribution in [0.3, 0.4) is 0 Å². The average Bonchev–Trinajstić information content (AvgIpc) is 2.26. The Morgan fingerprint density at radius 2 is 0.800 bits per heavy atom. The molecule has 0 atom stereocenters. The Kier molecular flexibility index (Phi) is 2.84. The van der Waals surface area contributed by atoms with Gasteiger partial charge in [0, 0.05) is 0 Å². The summed E-state index contributed by atoms with van der Waals surface area (Å²) >= 11 is 0. The molecule has 0 saturated carbocycles. The van der Waals surface area contributed by atoms with Gasteiger partial charge in [-0.2, -0.15) is 0 Å². The molecule has 66 valence electrons. The molecule has 0 saturated heterocycles. The average molecular weight is 205 g/mol. The number of nitrogens with zero attached hydrogens (tertiary/aromatic N) is 2. The molecule has 2 nitrogen and oxygen atoms in total. The van der Waals surface area contributed by atoms with Crippen LogP contribution >= 0.6 is 0 Å². The molecule has 3 heteroatoms. The fraction of sp³-hybridized carbons (Fsp3) is 0. The van der Waals surface area contributed by atoms with Gasteiger partial charge in [0.25, 0.3) is 0 Å². The number of rotatable bonds is 0. The van der Waals surface area contributed by atoms with Crippen LogP contribution in [0.4, 0.5) is 0 Å². The van der Waals surface area contributed by atoms with E-state index >= 15 is 0 Å². The van der Waals surface area contributed by atoms with E-state index in [-0.39, 0.29) is 23.1 Å². The van der Waals surface area contributed by atoms with Crippen molar-refractivity contribution in [3.63, 3.8) is 0 Å². The molecule has 0 bridgehead atoms. The van der Waals surface area contributed by atoms with E-state index in [9.17, 15) is 0 Å². The molecule has 0 amide bonds. The van der Waals surface area contributed by atoms with Gasteiger partial charge in [0.2, 0.25) is 0 Å². The van der Waals surface area contributed by atoms with Crippen LogP contribution < -0.4 is 0 Å². The summed E-state index contributed by atoms with van der Waals surface area (Å²) in [4.78, 5) is 9.03. The first-order chi connectivity index (χ1) is 6.93. The maximum absolute atomic E-state index is 4.52. The number of para-hydroxylation sites is 4. The number of hydrogen-bond donors (Lipinski definition) is 0. The van der Waals surface area contributed by atoms with Crippen molar-refractivity contribution >= 4 is 45.1 Å². The minimum atomic E-state index is 0. The molecule has 0 fully saturated rings. The van der Waals surface area contributed by atoms with E-state index in [1.165, 1.54) is 0 Å². The molecular weight excluding hydrogens is 196 g/mol. The zero-order valence-corrected chi connectivity index (χ0v) is 9.63. The second kappa shape index (κ2) is 4.12. The molecule has 0 N–H and O–H groups in total. The summed E-state index contributed by atoms with van der Waals surface area (Å²) in [7, 11) is 0. The van der Waals surface area contributed by atoms with Crippen molar-refractivity contribution in [3.8, 4) is 0 Å². The number of fused-ring (bicyclic) bond motifs is 2. The quantitative estimate of drug-likeness (QED) is 0.415. The van der Waals surface area contributed by atoms with Crippen molar-refractivity contribution in [3.05, 3.63) is 48.5 Å². The van der Waals surface area contributed by atoms with E-state index in [0.29, 0.717) is 0 Å². The third kappa shape index (κ3) is 1.80. The van der Waals surface area contributed by atoms with Crippen LogP contribution in [-0.2, 0) is 0 Å². The van der Waals surface area contributed by atoms with Gasteiger partial charge in [-0.05, 0) is 24.3 Å². The van der Waals surface area contributed by atoms with E-state index < -0.39 is 0 Å². The first-order valence-corrected chi connectivity index (χ1v) is 4.55. The molecular formula is C12H8MgN2+2. The summed E-state index contributed by atoms with van der Waals surface area (Å²) in [6.45, 7) is 0. The Morgan fingerprint density at radius 3 is 1.07 bits per heavy atom. The first-order valence-electron chi connectivity index (χ1n) is 4.55. The third-order valence-corrected chi connectivity index (χ3v) is 2.25. The Labute approximate surface area is 104 Å². The summed E-state index contributed by atoms with van der Waals surface area (Å²) in [5.41, 5.74) is 3.80. The Hall–Kier alpha value is -1.19. The minimum absolute atomic E-state index is 0. The maximum atomic E-state index is 4.52. The summed E-state index contributed by atoms with van der Waals surface area (Å²) in [6, 6.07) is 15.8. The smallest absolute Gasteiger partial charge is 0.245 e. The van der Waals surface area contributed by atoms with Gasteiger partial charge in [-0.3, -0.25) is 0 Å². The van der Waals surface area contributed by atoms with E-state index in [1.807, 2.05) is 48.5 Å². The monoisotopic (exact) mass is 204 g/mol. The van der Waals surface area contributed by atoms with Crippen LogP contribution in [0.1, 0.15) is 0 Å². The summed E-state index contributed by atoms with van der Waals surface area (Å²) < 4.78 is 0. The molecule has 3 rings (SSSR count). The summed E-state index contributed by atoms with van der Waals surface area (Å²) in [6.07, 6.45) is 0. The van der Waals surface area contributed by atoms with Gasteiger partial charge in [-0.1, -0.05) is 24.3 Å². The van der Waals surface area contributed by atoms with E-state index in [1.54, 1.807) is 0 Å². The molecule has 0 aliphatic carbocycles. The SMILES string of the molecule is [Mg+2].c1ccc2nc3ccccc3nc2c1. The molecule has 3 aromatic rings. The minimum Gasteiger partial charge on any atom is -0.245 e. The predicted octanol–water partition coefficient (Wildman–Crippen LogP) is 2.40. The zero-order valence-electron chi connectivity index (χ0n) is 8.22. The van der Waals surface area contributed by atoms with Gasteiger partial charge in [-0.25, -0.2) is 9.97 Å². The Balaban J connectivity index is 0.000000853. The molecule has 0 unspecified atom stereocenters. The molecule has 0 aliphatic heterocycles. The van der Waals surface area contributed by atoms with Gasteiger partial charge < -0.3 is 0 Å². The second-order valence-corrected chi connectivity index (χ2v) is 3.20. The van der Waals surface area contributed by atoms with Gasteiger partial charge in [-0.15, -0.1) is 0 Å². The van der Waals surface area contributed by atoms with E-state index in [0.717, 1.165) is 22.1 Å². The third-order valence-electron chi connectivity index (χ3n) is 2.25.